The Bertz CT molecular complexity index is 1200. The smallest absolute Gasteiger partial charge is 0.410 e. The highest BCUT2D eigenvalue weighted by Crippen LogP contribution is 2.40. The van der Waals surface area contributed by atoms with Gasteiger partial charge in [-0.05, 0) is 60.4 Å². The number of carbonyl (C=O) groups excluding carboxylic acids is 1. The van der Waals surface area contributed by atoms with E-state index in [2.05, 4.69) is 58.3 Å². The summed E-state index contributed by atoms with van der Waals surface area (Å²) in [5.74, 6) is 0.935. The molecule has 4 aromatic rings. The number of hydrogen-bond donors (Lipinski definition) is 1. The fraction of sp³-hybridized carbons (Fsp3) is 0.259. The SMILES string of the molecule is CCCC(c1ccncc1)n1ccc2cc(OC(=O)NC3CC3c3ccccc3)ccc21. The van der Waals surface area contributed by atoms with E-state index in [9.17, 15) is 4.79 Å². The van der Waals surface area contributed by atoms with Crippen LogP contribution in [0.15, 0.2) is 85.3 Å². The van der Waals surface area contributed by atoms with E-state index in [1.165, 1.54) is 11.1 Å². The average molecular weight is 426 g/mol. The summed E-state index contributed by atoms with van der Waals surface area (Å²) < 4.78 is 7.89. The van der Waals surface area contributed by atoms with Crippen LogP contribution in [0.3, 0.4) is 0 Å². The van der Waals surface area contributed by atoms with Gasteiger partial charge in [-0.15, -0.1) is 0 Å². The van der Waals surface area contributed by atoms with Gasteiger partial charge in [-0.25, -0.2) is 4.79 Å². The van der Waals surface area contributed by atoms with Gasteiger partial charge in [0, 0.05) is 41.5 Å². The molecule has 0 aliphatic heterocycles. The van der Waals surface area contributed by atoms with Crippen molar-refractivity contribution in [1.82, 2.24) is 14.9 Å². The molecule has 1 fully saturated rings. The third kappa shape index (κ3) is 4.24. The Labute approximate surface area is 188 Å². The molecule has 0 bridgehead atoms. The van der Waals surface area contributed by atoms with Crippen molar-refractivity contribution in [2.45, 2.75) is 44.2 Å². The first kappa shape index (κ1) is 20.3. The van der Waals surface area contributed by atoms with Crippen LogP contribution in [-0.4, -0.2) is 21.7 Å². The van der Waals surface area contributed by atoms with Crippen LogP contribution in [0.1, 0.15) is 49.3 Å². The van der Waals surface area contributed by atoms with E-state index in [1.807, 2.05) is 48.8 Å². The minimum atomic E-state index is -0.396. The molecule has 1 N–H and O–H groups in total. The number of nitrogens with one attached hydrogen (secondary N) is 1. The van der Waals surface area contributed by atoms with E-state index in [0.29, 0.717) is 11.7 Å². The lowest BCUT2D eigenvalue weighted by Gasteiger charge is -2.20. The number of rotatable bonds is 7. The van der Waals surface area contributed by atoms with Gasteiger partial charge >= 0.3 is 6.09 Å². The molecule has 162 valence electrons. The Morgan fingerprint density at radius 2 is 1.94 bits per heavy atom. The summed E-state index contributed by atoms with van der Waals surface area (Å²) in [5, 5.41) is 4.04. The van der Waals surface area contributed by atoms with Crippen molar-refractivity contribution in [1.29, 1.82) is 0 Å². The number of nitrogens with zero attached hydrogens (tertiary/aromatic N) is 2. The van der Waals surface area contributed by atoms with Crippen LogP contribution in [0.4, 0.5) is 4.79 Å². The number of carbonyl (C=O) groups is 1. The first-order valence-electron chi connectivity index (χ1n) is 11.3. The van der Waals surface area contributed by atoms with Crippen LogP contribution >= 0.6 is 0 Å². The van der Waals surface area contributed by atoms with Gasteiger partial charge in [0.1, 0.15) is 5.75 Å². The van der Waals surface area contributed by atoms with Gasteiger partial charge in [0.05, 0.1) is 6.04 Å². The first-order chi connectivity index (χ1) is 15.7. The minimum absolute atomic E-state index is 0.143. The third-order valence-corrected chi connectivity index (χ3v) is 6.21. The Morgan fingerprint density at radius 1 is 1.12 bits per heavy atom. The van der Waals surface area contributed by atoms with Gasteiger partial charge in [0.2, 0.25) is 0 Å². The molecule has 1 aliphatic carbocycles. The molecule has 5 rings (SSSR count). The molecule has 2 heterocycles. The van der Waals surface area contributed by atoms with E-state index < -0.39 is 6.09 Å². The molecule has 2 aromatic heterocycles. The fourth-order valence-electron chi connectivity index (χ4n) is 4.51. The summed E-state index contributed by atoms with van der Waals surface area (Å²) >= 11 is 0. The molecule has 0 saturated heterocycles. The highest BCUT2D eigenvalue weighted by atomic mass is 16.6. The highest BCUT2D eigenvalue weighted by molar-refractivity contribution is 5.83. The van der Waals surface area contributed by atoms with Crippen molar-refractivity contribution in [3.05, 3.63) is 96.4 Å². The fourth-order valence-corrected chi connectivity index (χ4v) is 4.51. The van der Waals surface area contributed by atoms with E-state index in [0.717, 1.165) is 30.2 Å². The van der Waals surface area contributed by atoms with Crippen molar-refractivity contribution >= 4 is 17.0 Å². The zero-order valence-corrected chi connectivity index (χ0v) is 18.1. The lowest BCUT2D eigenvalue weighted by molar-refractivity contribution is 0.200. The van der Waals surface area contributed by atoms with E-state index in [-0.39, 0.29) is 12.1 Å². The van der Waals surface area contributed by atoms with Crippen molar-refractivity contribution in [2.75, 3.05) is 0 Å². The van der Waals surface area contributed by atoms with E-state index in [4.69, 9.17) is 4.74 Å². The molecule has 5 heteroatoms. The largest absolute Gasteiger partial charge is 0.412 e. The van der Waals surface area contributed by atoms with E-state index >= 15 is 0 Å². The molecule has 1 amide bonds. The number of fused-ring (bicyclic) bond motifs is 1. The molecular formula is C27H27N3O2. The summed E-state index contributed by atoms with van der Waals surface area (Å²) in [6.45, 7) is 2.20. The van der Waals surface area contributed by atoms with Crippen LogP contribution in [0.5, 0.6) is 5.75 Å². The first-order valence-corrected chi connectivity index (χ1v) is 11.3. The summed E-state index contributed by atoms with van der Waals surface area (Å²) in [7, 11) is 0. The second-order valence-electron chi connectivity index (χ2n) is 8.42. The maximum atomic E-state index is 12.4. The predicted molar refractivity (Wildman–Crippen MR) is 126 cm³/mol. The molecule has 32 heavy (non-hydrogen) atoms. The Hall–Kier alpha value is -3.60. The second kappa shape index (κ2) is 8.87. The Morgan fingerprint density at radius 3 is 2.72 bits per heavy atom. The topological polar surface area (TPSA) is 56.2 Å². The summed E-state index contributed by atoms with van der Waals surface area (Å²) in [6, 6.07) is 22.7. The number of hydrogen-bond acceptors (Lipinski definition) is 3. The molecule has 0 spiro atoms. The summed E-state index contributed by atoms with van der Waals surface area (Å²) in [5.41, 5.74) is 3.63. The van der Waals surface area contributed by atoms with Gasteiger partial charge in [-0.1, -0.05) is 43.7 Å². The van der Waals surface area contributed by atoms with Crippen molar-refractivity contribution in [2.24, 2.45) is 0 Å². The minimum Gasteiger partial charge on any atom is -0.410 e. The van der Waals surface area contributed by atoms with Crippen LogP contribution in [-0.2, 0) is 0 Å². The van der Waals surface area contributed by atoms with Gasteiger partial charge in [-0.2, -0.15) is 0 Å². The van der Waals surface area contributed by atoms with Crippen molar-refractivity contribution in [3.63, 3.8) is 0 Å². The molecule has 0 radical (unpaired) electrons. The number of aromatic nitrogens is 2. The van der Waals surface area contributed by atoms with Gasteiger partial charge in [0.25, 0.3) is 0 Å². The zero-order chi connectivity index (χ0) is 21.9. The zero-order valence-electron chi connectivity index (χ0n) is 18.1. The molecule has 3 atom stereocenters. The third-order valence-electron chi connectivity index (χ3n) is 6.21. The number of amides is 1. The molecule has 1 aliphatic rings. The molecule has 3 unspecified atom stereocenters. The van der Waals surface area contributed by atoms with Crippen LogP contribution in [0, 0.1) is 0 Å². The van der Waals surface area contributed by atoms with Crippen LogP contribution in [0.2, 0.25) is 0 Å². The highest BCUT2D eigenvalue weighted by Gasteiger charge is 2.39. The normalized spacial score (nSPS) is 18.3. The number of benzene rings is 2. The molecule has 2 aromatic carbocycles. The van der Waals surface area contributed by atoms with Crippen LogP contribution in [0.25, 0.3) is 10.9 Å². The standard InChI is InChI=1S/C27H27N3O2/c1-2-6-25(20-11-14-28-15-12-20)30-16-13-21-17-22(9-10-26(21)30)32-27(31)29-24-18-23(24)19-7-4-3-5-8-19/h3-5,7-17,23-25H,2,6,18H2,1H3,(H,29,31). The lowest BCUT2D eigenvalue weighted by Crippen LogP contribution is -2.29. The van der Waals surface area contributed by atoms with Gasteiger partial charge < -0.3 is 14.6 Å². The van der Waals surface area contributed by atoms with Crippen molar-refractivity contribution in [3.8, 4) is 5.75 Å². The van der Waals surface area contributed by atoms with Gasteiger partial charge in [-0.3, -0.25) is 4.98 Å². The lowest BCUT2D eigenvalue weighted by atomic mass is 10.0. The van der Waals surface area contributed by atoms with Crippen molar-refractivity contribution < 1.29 is 9.53 Å². The summed E-state index contributed by atoms with van der Waals surface area (Å²) in [4.78, 5) is 16.6. The maximum absolute atomic E-state index is 12.4. The number of pyridine rings is 1. The molecule has 1 saturated carbocycles. The van der Waals surface area contributed by atoms with Crippen LogP contribution < -0.4 is 10.1 Å². The maximum Gasteiger partial charge on any atom is 0.412 e. The quantitative estimate of drug-likeness (QED) is 0.391. The van der Waals surface area contributed by atoms with Gasteiger partial charge in [0.15, 0.2) is 0 Å². The second-order valence-corrected chi connectivity index (χ2v) is 8.42. The monoisotopic (exact) mass is 425 g/mol. The summed E-state index contributed by atoms with van der Waals surface area (Å²) in [6.07, 6.45) is 8.48. The predicted octanol–water partition coefficient (Wildman–Crippen LogP) is 6.07. The van der Waals surface area contributed by atoms with E-state index in [1.54, 1.807) is 0 Å². The number of ether oxygens (including phenoxy) is 1. The molecule has 5 nitrogen and oxygen atoms in total. The molecular weight excluding hydrogens is 398 g/mol. The average Bonchev–Trinajstić information content (AvgIpc) is 3.47. The Balaban J connectivity index is 1.28. The Kier molecular flexibility index (Phi) is 5.63.